The Morgan fingerprint density at radius 1 is 1.19 bits per heavy atom. The van der Waals surface area contributed by atoms with Crippen molar-refractivity contribution < 1.29 is 9.53 Å². The van der Waals surface area contributed by atoms with Gasteiger partial charge in [0.1, 0.15) is 11.8 Å². The topological polar surface area (TPSA) is 64.3 Å². The van der Waals surface area contributed by atoms with Crippen molar-refractivity contribution in [3.63, 3.8) is 0 Å². The average Bonchev–Trinajstić information content (AvgIpc) is 2.48. The van der Waals surface area contributed by atoms with Crippen LogP contribution in [0.5, 0.6) is 5.75 Å². The maximum atomic E-state index is 11.9. The van der Waals surface area contributed by atoms with E-state index in [1.165, 1.54) is 0 Å². The number of hydrogen-bond donors (Lipinski definition) is 2. The van der Waals surface area contributed by atoms with E-state index in [2.05, 4.69) is 5.32 Å². The fourth-order valence-electron chi connectivity index (χ4n) is 2.27. The third-order valence-corrected chi connectivity index (χ3v) is 3.62. The van der Waals surface area contributed by atoms with Gasteiger partial charge in [0.05, 0.1) is 7.11 Å². The van der Waals surface area contributed by atoms with Crippen molar-refractivity contribution in [1.29, 1.82) is 0 Å². The maximum absolute atomic E-state index is 11.9. The minimum atomic E-state index is -0.572. The van der Waals surface area contributed by atoms with Gasteiger partial charge in [0.15, 0.2) is 0 Å². The van der Waals surface area contributed by atoms with Crippen molar-refractivity contribution in [2.75, 3.05) is 12.4 Å². The number of carbonyl (C=O) groups excluding carboxylic acids is 1. The SMILES string of the molecule is COc1cccc(NC(C(N)=O)c2cccc(C)c2C)c1. The van der Waals surface area contributed by atoms with E-state index in [1.54, 1.807) is 7.11 Å². The van der Waals surface area contributed by atoms with Gasteiger partial charge in [0.2, 0.25) is 5.91 Å². The molecule has 0 heterocycles. The number of amides is 1. The Labute approximate surface area is 124 Å². The Balaban J connectivity index is 2.35. The van der Waals surface area contributed by atoms with E-state index in [-0.39, 0.29) is 0 Å². The molecule has 0 saturated carbocycles. The molecule has 4 nitrogen and oxygen atoms in total. The molecule has 0 fully saturated rings. The normalized spacial score (nSPS) is 11.8. The van der Waals surface area contributed by atoms with Gasteiger partial charge in [0, 0.05) is 11.8 Å². The maximum Gasteiger partial charge on any atom is 0.244 e. The first-order valence-corrected chi connectivity index (χ1v) is 6.79. The molecule has 0 aliphatic carbocycles. The highest BCUT2D eigenvalue weighted by Crippen LogP contribution is 2.26. The summed E-state index contributed by atoms with van der Waals surface area (Å²) in [6.07, 6.45) is 0. The van der Waals surface area contributed by atoms with Gasteiger partial charge < -0.3 is 15.8 Å². The summed E-state index contributed by atoms with van der Waals surface area (Å²) in [7, 11) is 1.61. The molecule has 0 aliphatic rings. The average molecular weight is 284 g/mol. The van der Waals surface area contributed by atoms with Crippen molar-refractivity contribution in [2.24, 2.45) is 5.73 Å². The second-order valence-electron chi connectivity index (χ2n) is 5.00. The molecule has 0 spiro atoms. The zero-order valence-electron chi connectivity index (χ0n) is 12.5. The summed E-state index contributed by atoms with van der Waals surface area (Å²) >= 11 is 0. The van der Waals surface area contributed by atoms with Gasteiger partial charge in [-0.3, -0.25) is 4.79 Å². The molecule has 3 N–H and O–H groups in total. The molecule has 0 bridgehead atoms. The second-order valence-corrected chi connectivity index (χ2v) is 5.00. The van der Waals surface area contributed by atoms with Crippen LogP contribution in [-0.4, -0.2) is 13.0 Å². The monoisotopic (exact) mass is 284 g/mol. The Kier molecular flexibility index (Phi) is 4.48. The molecule has 21 heavy (non-hydrogen) atoms. The lowest BCUT2D eigenvalue weighted by Gasteiger charge is -2.20. The van der Waals surface area contributed by atoms with Gasteiger partial charge in [0.25, 0.3) is 0 Å². The fraction of sp³-hybridized carbons (Fsp3) is 0.235. The van der Waals surface area contributed by atoms with Gasteiger partial charge in [-0.05, 0) is 42.7 Å². The molecule has 2 rings (SSSR count). The molecule has 4 heteroatoms. The van der Waals surface area contributed by atoms with Crippen LogP contribution in [0.3, 0.4) is 0 Å². The van der Waals surface area contributed by atoms with Crippen molar-refractivity contribution in [2.45, 2.75) is 19.9 Å². The predicted molar refractivity (Wildman–Crippen MR) is 84.5 cm³/mol. The second kappa shape index (κ2) is 6.31. The van der Waals surface area contributed by atoms with Gasteiger partial charge >= 0.3 is 0 Å². The van der Waals surface area contributed by atoms with Crippen molar-refractivity contribution in [3.8, 4) is 5.75 Å². The summed E-state index contributed by atoms with van der Waals surface area (Å²) < 4.78 is 5.19. The Morgan fingerprint density at radius 2 is 1.90 bits per heavy atom. The van der Waals surface area contributed by atoms with Crippen molar-refractivity contribution in [3.05, 3.63) is 59.2 Å². The molecular formula is C17H20N2O2. The molecule has 0 radical (unpaired) electrons. The first-order valence-electron chi connectivity index (χ1n) is 6.79. The largest absolute Gasteiger partial charge is 0.497 e. The van der Waals surface area contributed by atoms with Crippen LogP contribution < -0.4 is 15.8 Å². The van der Waals surface area contributed by atoms with Crippen LogP contribution in [0, 0.1) is 13.8 Å². The molecule has 1 atom stereocenters. The first kappa shape index (κ1) is 14.9. The number of carbonyl (C=O) groups is 1. The van der Waals surface area contributed by atoms with E-state index < -0.39 is 11.9 Å². The third-order valence-electron chi connectivity index (χ3n) is 3.62. The van der Waals surface area contributed by atoms with E-state index in [0.29, 0.717) is 0 Å². The summed E-state index contributed by atoms with van der Waals surface area (Å²) in [5.74, 6) is 0.315. The van der Waals surface area contributed by atoms with Crippen LogP contribution in [0.1, 0.15) is 22.7 Å². The lowest BCUT2D eigenvalue weighted by molar-refractivity contribution is -0.118. The van der Waals surface area contributed by atoms with Gasteiger partial charge in [-0.2, -0.15) is 0 Å². The minimum absolute atomic E-state index is 0.411. The number of aryl methyl sites for hydroxylation is 1. The molecule has 2 aromatic carbocycles. The van der Waals surface area contributed by atoms with Crippen LogP contribution >= 0.6 is 0 Å². The van der Waals surface area contributed by atoms with Crippen molar-refractivity contribution in [1.82, 2.24) is 0 Å². The van der Waals surface area contributed by atoms with E-state index in [1.807, 2.05) is 56.3 Å². The lowest BCUT2D eigenvalue weighted by Crippen LogP contribution is -2.28. The Bertz CT molecular complexity index is 653. The van der Waals surface area contributed by atoms with Crippen LogP contribution in [-0.2, 0) is 4.79 Å². The third kappa shape index (κ3) is 3.34. The first-order chi connectivity index (χ1) is 10.0. The lowest BCUT2D eigenvalue weighted by atomic mass is 9.97. The van der Waals surface area contributed by atoms with E-state index in [9.17, 15) is 4.79 Å². The number of nitrogens with one attached hydrogen (secondary N) is 1. The highest BCUT2D eigenvalue weighted by molar-refractivity contribution is 5.85. The number of nitrogens with two attached hydrogens (primary N) is 1. The molecular weight excluding hydrogens is 264 g/mol. The van der Waals surface area contributed by atoms with Crippen LogP contribution in [0.4, 0.5) is 5.69 Å². The smallest absolute Gasteiger partial charge is 0.244 e. The summed E-state index contributed by atoms with van der Waals surface area (Å²) in [5, 5.41) is 3.18. The molecule has 0 saturated heterocycles. The predicted octanol–water partition coefficient (Wildman–Crippen LogP) is 2.95. The van der Waals surface area contributed by atoms with Crippen LogP contribution in [0.25, 0.3) is 0 Å². The number of hydrogen-bond acceptors (Lipinski definition) is 3. The van der Waals surface area contributed by atoms with E-state index in [4.69, 9.17) is 10.5 Å². The number of anilines is 1. The standard InChI is InChI=1S/C17H20N2O2/c1-11-6-4-9-15(12(11)2)16(17(18)20)19-13-7-5-8-14(10-13)21-3/h4-10,16,19H,1-3H3,(H2,18,20). The summed E-state index contributed by atoms with van der Waals surface area (Å²) in [4.78, 5) is 11.9. The van der Waals surface area contributed by atoms with Gasteiger partial charge in [-0.15, -0.1) is 0 Å². The van der Waals surface area contributed by atoms with Gasteiger partial charge in [-0.1, -0.05) is 24.3 Å². The Morgan fingerprint density at radius 3 is 2.57 bits per heavy atom. The minimum Gasteiger partial charge on any atom is -0.497 e. The number of benzene rings is 2. The molecule has 110 valence electrons. The molecule has 0 aromatic heterocycles. The van der Waals surface area contributed by atoms with Gasteiger partial charge in [-0.25, -0.2) is 0 Å². The molecule has 1 unspecified atom stereocenters. The number of primary amides is 1. The summed E-state index contributed by atoms with van der Waals surface area (Å²) in [6, 6.07) is 12.7. The van der Waals surface area contributed by atoms with Crippen LogP contribution in [0.15, 0.2) is 42.5 Å². The number of rotatable bonds is 5. The fourth-order valence-corrected chi connectivity index (χ4v) is 2.27. The van der Waals surface area contributed by atoms with Crippen LogP contribution in [0.2, 0.25) is 0 Å². The highest BCUT2D eigenvalue weighted by atomic mass is 16.5. The quantitative estimate of drug-likeness (QED) is 0.887. The molecule has 1 amide bonds. The van der Waals surface area contributed by atoms with E-state index >= 15 is 0 Å². The number of ether oxygens (including phenoxy) is 1. The molecule has 0 aliphatic heterocycles. The molecule has 2 aromatic rings. The zero-order chi connectivity index (χ0) is 15.4. The van der Waals surface area contributed by atoms with E-state index in [0.717, 1.165) is 28.1 Å². The zero-order valence-corrected chi connectivity index (χ0v) is 12.5. The summed E-state index contributed by atoms with van der Waals surface area (Å²) in [6.45, 7) is 4.01. The highest BCUT2D eigenvalue weighted by Gasteiger charge is 2.20. The number of methoxy groups -OCH3 is 1. The summed E-state index contributed by atoms with van der Waals surface area (Å²) in [5.41, 5.74) is 9.46. The Hall–Kier alpha value is -2.49. The van der Waals surface area contributed by atoms with Crippen molar-refractivity contribution >= 4 is 11.6 Å².